The number of thioether (sulfide) groups is 1. The Hall–Kier alpha value is -2.18. The third-order valence-electron chi connectivity index (χ3n) is 5.58. The number of aliphatic hydroxyl groups excluding tert-OH is 1. The van der Waals surface area contributed by atoms with Crippen molar-refractivity contribution < 1.29 is 19.4 Å². The topological polar surface area (TPSA) is 59.0 Å². The summed E-state index contributed by atoms with van der Waals surface area (Å²) in [6.45, 7) is 2.68. The molecule has 1 aliphatic heterocycles. The Morgan fingerprint density at radius 2 is 1.90 bits per heavy atom. The molecule has 1 fully saturated rings. The van der Waals surface area contributed by atoms with E-state index in [9.17, 15) is 9.90 Å². The molecule has 2 aromatic rings. The van der Waals surface area contributed by atoms with Crippen molar-refractivity contribution in [2.75, 3.05) is 20.8 Å². The highest BCUT2D eigenvalue weighted by molar-refractivity contribution is 8.01. The number of amides is 1. The average molecular weight is 416 g/mol. The molecule has 2 aromatic carbocycles. The van der Waals surface area contributed by atoms with Gasteiger partial charge >= 0.3 is 0 Å². The van der Waals surface area contributed by atoms with Crippen LogP contribution in [0.3, 0.4) is 0 Å². The van der Waals surface area contributed by atoms with E-state index < -0.39 is 4.75 Å². The summed E-state index contributed by atoms with van der Waals surface area (Å²) in [4.78, 5) is 16.4. The predicted octanol–water partition coefficient (Wildman–Crippen LogP) is 4.13. The largest absolute Gasteiger partial charge is 0.497 e. The number of β-lactam (4-membered cyclic amide) rings is 1. The zero-order chi connectivity index (χ0) is 20.9. The van der Waals surface area contributed by atoms with Crippen LogP contribution in [0.25, 0.3) is 0 Å². The highest BCUT2D eigenvalue weighted by Crippen LogP contribution is 2.51. The monoisotopic (exact) mass is 415 g/mol. The van der Waals surface area contributed by atoms with E-state index in [2.05, 4.69) is 6.92 Å². The number of hydrogen-bond acceptors (Lipinski definition) is 5. The van der Waals surface area contributed by atoms with Crippen LogP contribution in [0.4, 0.5) is 0 Å². The smallest absolute Gasteiger partial charge is 0.241 e. The maximum Gasteiger partial charge on any atom is 0.241 e. The van der Waals surface area contributed by atoms with Gasteiger partial charge in [0, 0.05) is 29.7 Å². The zero-order valence-electron chi connectivity index (χ0n) is 17.3. The predicted molar refractivity (Wildman–Crippen MR) is 116 cm³/mol. The van der Waals surface area contributed by atoms with E-state index in [0.29, 0.717) is 18.7 Å². The van der Waals surface area contributed by atoms with Crippen molar-refractivity contribution in [3.05, 3.63) is 54.1 Å². The van der Waals surface area contributed by atoms with Gasteiger partial charge in [-0.15, -0.1) is 11.8 Å². The molecule has 6 heteroatoms. The third kappa shape index (κ3) is 4.23. The first kappa shape index (κ1) is 21.5. The quantitative estimate of drug-likeness (QED) is 0.592. The molecule has 1 N–H and O–H groups in total. The summed E-state index contributed by atoms with van der Waals surface area (Å²) in [7, 11) is 3.25. The van der Waals surface area contributed by atoms with Crippen molar-refractivity contribution in [3.63, 3.8) is 0 Å². The number of likely N-dealkylation sites (tertiary alicyclic amines) is 1. The van der Waals surface area contributed by atoms with Crippen molar-refractivity contribution in [2.45, 2.75) is 48.4 Å². The first-order valence-corrected chi connectivity index (χ1v) is 10.8. The molecule has 3 rings (SSSR count). The van der Waals surface area contributed by atoms with Crippen LogP contribution in [0, 0.1) is 0 Å². The highest BCUT2D eigenvalue weighted by Gasteiger charge is 2.59. The van der Waals surface area contributed by atoms with Crippen LogP contribution >= 0.6 is 11.8 Å². The first-order chi connectivity index (χ1) is 14.1. The van der Waals surface area contributed by atoms with Crippen LogP contribution < -0.4 is 9.47 Å². The fourth-order valence-corrected chi connectivity index (χ4v) is 5.45. The van der Waals surface area contributed by atoms with Gasteiger partial charge in [0.2, 0.25) is 5.91 Å². The molecule has 0 aromatic heterocycles. The molecule has 0 aliphatic carbocycles. The van der Waals surface area contributed by atoms with E-state index >= 15 is 0 Å². The van der Waals surface area contributed by atoms with Crippen molar-refractivity contribution in [2.24, 2.45) is 0 Å². The van der Waals surface area contributed by atoms with Gasteiger partial charge in [0.05, 0.1) is 20.3 Å². The van der Waals surface area contributed by atoms with Crippen LogP contribution in [-0.2, 0) is 11.3 Å². The van der Waals surface area contributed by atoms with E-state index in [0.717, 1.165) is 29.1 Å². The lowest BCUT2D eigenvalue weighted by Gasteiger charge is -2.56. The maximum atomic E-state index is 13.4. The number of carbonyl (C=O) groups is 1. The summed E-state index contributed by atoms with van der Waals surface area (Å²) in [6, 6.07) is 15.8. The number of benzene rings is 2. The third-order valence-corrected chi connectivity index (χ3v) is 7.18. The number of nitrogens with zero attached hydrogens (tertiary/aromatic N) is 1. The van der Waals surface area contributed by atoms with E-state index in [1.807, 2.05) is 53.4 Å². The standard InChI is InChI=1S/C23H29NO4S/c1-4-23(29-19-9-6-5-7-10-19)21(11-8-14-25)24(22(23)26)16-17-12-13-18(27-2)15-20(17)28-3/h5-7,9-10,12-13,15,21,25H,4,8,11,14,16H2,1-3H3. The normalized spacial score (nSPS) is 21.0. The van der Waals surface area contributed by atoms with Crippen molar-refractivity contribution in [1.82, 2.24) is 4.90 Å². The lowest BCUT2D eigenvalue weighted by molar-refractivity contribution is -0.154. The molecule has 0 saturated carbocycles. The summed E-state index contributed by atoms with van der Waals surface area (Å²) in [5, 5.41) is 9.41. The average Bonchev–Trinajstić information content (AvgIpc) is 2.77. The number of methoxy groups -OCH3 is 2. The number of ether oxygens (including phenoxy) is 2. The Morgan fingerprint density at radius 1 is 1.14 bits per heavy atom. The highest BCUT2D eigenvalue weighted by atomic mass is 32.2. The van der Waals surface area contributed by atoms with Gasteiger partial charge in [-0.2, -0.15) is 0 Å². The Kier molecular flexibility index (Phi) is 7.09. The van der Waals surface area contributed by atoms with Crippen molar-refractivity contribution in [3.8, 4) is 11.5 Å². The van der Waals surface area contributed by atoms with E-state index in [4.69, 9.17) is 9.47 Å². The van der Waals surface area contributed by atoms with Gasteiger partial charge in [-0.3, -0.25) is 4.79 Å². The molecule has 0 spiro atoms. The molecular weight excluding hydrogens is 386 g/mol. The van der Waals surface area contributed by atoms with Crippen LogP contribution in [0.5, 0.6) is 11.5 Å². The molecule has 2 atom stereocenters. The van der Waals surface area contributed by atoms with Crippen molar-refractivity contribution in [1.29, 1.82) is 0 Å². The van der Waals surface area contributed by atoms with Gasteiger partial charge < -0.3 is 19.5 Å². The molecule has 156 valence electrons. The summed E-state index contributed by atoms with van der Waals surface area (Å²) in [6.07, 6.45) is 2.19. The molecule has 2 unspecified atom stereocenters. The lowest BCUT2D eigenvalue weighted by Crippen LogP contribution is -2.71. The molecule has 0 radical (unpaired) electrons. The second-order valence-electron chi connectivity index (χ2n) is 7.15. The Balaban J connectivity index is 1.86. The van der Waals surface area contributed by atoms with Crippen molar-refractivity contribution >= 4 is 17.7 Å². The lowest BCUT2D eigenvalue weighted by atomic mass is 9.80. The molecule has 1 amide bonds. The van der Waals surface area contributed by atoms with Crippen LogP contribution in [0.1, 0.15) is 31.7 Å². The van der Waals surface area contributed by atoms with Crippen LogP contribution in [-0.4, -0.2) is 47.5 Å². The minimum absolute atomic E-state index is 0.0594. The summed E-state index contributed by atoms with van der Waals surface area (Å²) < 4.78 is 10.3. The Bertz CT molecular complexity index is 829. The fourth-order valence-electron chi connectivity index (χ4n) is 4.00. The van der Waals surface area contributed by atoms with Gasteiger partial charge in [0.1, 0.15) is 16.2 Å². The second kappa shape index (κ2) is 9.55. The Morgan fingerprint density at radius 3 is 2.52 bits per heavy atom. The maximum absolute atomic E-state index is 13.4. The summed E-state index contributed by atoms with van der Waals surface area (Å²) in [5.41, 5.74) is 0.949. The fraction of sp³-hybridized carbons (Fsp3) is 0.435. The number of rotatable bonds is 10. The van der Waals surface area contributed by atoms with Crippen LogP contribution in [0.15, 0.2) is 53.4 Å². The SMILES string of the molecule is CCC1(Sc2ccccc2)C(=O)N(Cc2ccc(OC)cc2OC)C1CCCO. The minimum Gasteiger partial charge on any atom is -0.497 e. The molecule has 1 heterocycles. The van der Waals surface area contributed by atoms with E-state index in [-0.39, 0.29) is 18.6 Å². The first-order valence-electron chi connectivity index (χ1n) is 9.96. The van der Waals surface area contributed by atoms with E-state index in [1.165, 1.54) is 0 Å². The molecule has 1 aliphatic rings. The van der Waals surface area contributed by atoms with Gasteiger partial charge in [0.15, 0.2) is 0 Å². The van der Waals surface area contributed by atoms with Crippen LogP contribution in [0.2, 0.25) is 0 Å². The van der Waals surface area contributed by atoms with Gasteiger partial charge in [-0.05, 0) is 43.5 Å². The Labute approximate surface area is 177 Å². The van der Waals surface area contributed by atoms with Gasteiger partial charge in [-0.1, -0.05) is 25.1 Å². The number of aliphatic hydroxyl groups is 1. The molecule has 5 nitrogen and oxygen atoms in total. The summed E-state index contributed by atoms with van der Waals surface area (Å²) in [5.74, 6) is 1.58. The summed E-state index contributed by atoms with van der Waals surface area (Å²) >= 11 is 1.65. The number of hydrogen-bond donors (Lipinski definition) is 1. The number of carbonyl (C=O) groups excluding carboxylic acids is 1. The zero-order valence-corrected chi connectivity index (χ0v) is 18.1. The van der Waals surface area contributed by atoms with Gasteiger partial charge in [-0.25, -0.2) is 0 Å². The molecule has 29 heavy (non-hydrogen) atoms. The minimum atomic E-state index is -0.490. The molecule has 0 bridgehead atoms. The second-order valence-corrected chi connectivity index (χ2v) is 8.55. The molecular formula is C23H29NO4S. The van der Waals surface area contributed by atoms with Gasteiger partial charge in [0.25, 0.3) is 0 Å². The van der Waals surface area contributed by atoms with E-state index in [1.54, 1.807) is 26.0 Å². The molecule has 1 saturated heterocycles.